The van der Waals surface area contributed by atoms with E-state index in [9.17, 15) is 9.59 Å². The quantitative estimate of drug-likeness (QED) is 0.823. The van der Waals surface area contributed by atoms with Crippen molar-refractivity contribution in [1.29, 1.82) is 0 Å². The maximum absolute atomic E-state index is 12.0. The molecule has 1 amide bonds. The van der Waals surface area contributed by atoms with Crippen LogP contribution in [0.5, 0.6) is 0 Å². The minimum Gasteiger partial charge on any atom is -0.361 e. The summed E-state index contributed by atoms with van der Waals surface area (Å²) in [5.74, 6) is 0.341. The van der Waals surface area contributed by atoms with Crippen LogP contribution in [-0.2, 0) is 12.8 Å². The highest BCUT2D eigenvalue weighted by atomic mass is 16.5. The van der Waals surface area contributed by atoms with Crippen molar-refractivity contribution in [2.24, 2.45) is 0 Å². The van der Waals surface area contributed by atoms with Gasteiger partial charge in [-0.25, -0.2) is 5.10 Å². The maximum Gasteiger partial charge on any atom is 0.273 e. The van der Waals surface area contributed by atoms with Gasteiger partial charge in [0.05, 0.1) is 5.69 Å². The number of aromatic nitrogens is 3. The fraction of sp³-hybridized carbons (Fsp3) is 0.385. The van der Waals surface area contributed by atoms with Crippen LogP contribution >= 0.6 is 0 Å². The maximum atomic E-state index is 12.0. The lowest BCUT2D eigenvalue weighted by atomic mass is 9.92. The second kappa shape index (κ2) is 4.92. The molecule has 2 heterocycles. The molecule has 3 rings (SSSR count). The van der Waals surface area contributed by atoms with E-state index in [2.05, 4.69) is 20.7 Å². The van der Waals surface area contributed by atoms with Crippen LogP contribution in [0, 0.1) is 6.92 Å². The SMILES string of the molecule is Cc1cc(C(=O)NC2CCc3n[nH]c(=O)cc3C2)no1. The molecule has 2 N–H and O–H groups in total. The summed E-state index contributed by atoms with van der Waals surface area (Å²) in [5, 5.41) is 13.0. The van der Waals surface area contributed by atoms with Gasteiger partial charge in [0.2, 0.25) is 0 Å². The highest BCUT2D eigenvalue weighted by Gasteiger charge is 2.23. The normalized spacial score (nSPS) is 17.6. The van der Waals surface area contributed by atoms with Gasteiger partial charge < -0.3 is 9.84 Å². The number of nitrogens with one attached hydrogen (secondary N) is 2. The Labute approximate surface area is 114 Å². The number of fused-ring (bicyclic) bond motifs is 1. The largest absolute Gasteiger partial charge is 0.361 e. The number of H-pyrrole nitrogens is 1. The number of aryl methyl sites for hydroxylation is 2. The molecule has 1 unspecified atom stereocenters. The third-order valence-corrected chi connectivity index (χ3v) is 3.37. The molecule has 0 radical (unpaired) electrons. The molecule has 0 saturated heterocycles. The molecule has 0 fully saturated rings. The molecule has 0 saturated carbocycles. The zero-order valence-electron chi connectivity index (χ0n) is 11.0. The van der Waals surface area contributed by atoms with Gasteiger partial charge >= 0.3 is 0 Å². The van der Waals surface area contributed by atoms with Crippen molar-refractivity contribution < 1.29 is 9.32 Å². The summed E-state index contributed by atoms with van der Waals surface area (Å²) in [4.78, 5) is 23.3. The Morgan fingerprint density at radius 2 is 2.35 bits per heavy atom. The van der Waals surface area contributed by atoms with Gasteiger partial charge in [-0.1, -0.05) is 5.16 Å². The van der Waals surface area contributed by atoms with E-state index in [0.717, 1.165) is 24.1 Å². The van der Waals surface area contributed by atoms with Crippen molar-refractivity contribution in [3.05, 3.63) is 45.2 Å². The van der Waals surface area contributed by atoms with Crippen LogP contribution in [0.1, 0.15) is 33.9 Å². The molecule has 20 heavy (non-hydrogen) atoms. The van der Waals surface area contributed by atoms with Crippen LogP contribution in [0.3, 0.4) is 0 Å². The molecule has 0 spiro atoms. The average Bonchev–Trinajstić information content (AvgIpc) is 2.85. The van der Waals surface area contributed by atoms with Crippen LogP contribution in [0.15, 0.2) is 21.5 Å². The van der Waals surface area contributed by atoms with Crippen molar-refractivity contribution in [1.82, 2.24) is 20.7 Å². The average molecular weight is 274 g/mol. The van der Waals surface area contributed by atoms with Crippen molar-refractivity contribution in [2.75, 3.05) is 0 Å². The molecule has 0 aliphatic heterocycles. The fourth-order valence-electron chi connectivity index (χ4n) is 2.40. The summed E-state index contributed by atoms with van der Waals surface area (Å²) in [6.45, 7) is 1.73. The summed E-state index contributed by atoms with van der Waals surface area (Å²) in [6, 6.07) is 3.12. The Hall–Kier alpha value is -2.44. The predicted molar refractivity (Wildman–Crippen MR) is 69.4 cm³/mol. The Morgan fingerprint density at radius 3 is 3.10 bits per heavy atom. The van der Waals surface area contributed by atoms with Gasteiger partial charge in [-0.2, -0.15) is 5.10 Å². The molecular formula is C13H14N4O3. The van der Waals surface area contributed by atoms with Gasteiger partial charge in [-0.15, -0.1) is 0 Å². The molecule has 2 aromatic rings. The van der Waals surface area contributed by atoms with Gasteiger partial charge in [0.15, 0.2) is 5.69 Å². The summed E-state index contributed by atoms with van der Waals surface area (Å²) >= 11 is 0. The molecule has 7 heteroatoms. The van der Waals surface area contributed by atoms with Crippen LogP contribution in [0.25, 0.3) is 0 Å². The Bertz CT molecular complexity index is 704. The minimum atomic E-state index is -0.256. The van der Waals surface area contributed by atoms with E-state index < -0.39 is 0 Å². The number of aromatic amines is 1. The number of hydrogen-bond acceptors (Lipinski definition) is 5. The standard InChI is InChI=1S/C13H14N4O3/c1-7-4-11(17-20-7)13(19)14-9-2-3-10-8(5-9)6-12(18)16-15-10/h4,6,9H,2-3,5H2,1H3,(H,14,19)(H,16,18). The van der Waals surface area contributed by atoms with E-state index >= 15 is 0 Å². The predicted octanol–water partition coefficient (Wildman–Crippen LogP) is 0.354. The van der Waals surface area contributed by atoms with Crippen molar-refractivity contribution >= 4 is 5.91 Å². The zero-order valence-corrected chi connectivity index (χ0v) is 11.0. The monoisotopic (exact) mass is 274 g/mol. The smallest absolute Gasteiger partial charge is 0.273 e. The Morgan fingerprint density at radius 1 is 1.50 bits per heavy atom. The molecule has 7 nitrogen and oxygen atoms in total. The molecular weight excluding hydrogens is 260 g/mol. The number of carbonyl (C=O) groups is 1. The second-order valence-electron chi connectivity index (χ2n) is 4.94. The second-order valence-corrected chi connectivity index (χ2v) is 4.94. The summed E-state index contributed by atoms with van der Waals surface area (Å²) < 4.78 is 4.88. The molecule has 1 aliphatic carbocycles. The highest BCUT2D eigenvalue weighted by Crippen LogP contribution is 2.18. The molecule has 1 atom stereocenters. The first-order valence-corrected chi connectivity index (χ1v) is 6.43. The molecule has 0 aromatic carbocycles. The Kier molecular flexibility index (Phi) is 3.09. The third kappa shape index (κ3) is 2.47. The van der Waals surface area contributed by atoms with Crippen LogP contribution in [0.2, 0.25) is 0 Å². The van der Waals surface area contributed by atoms with E-state index in [4.69, 9.17) is 4.52 Å². The summed E-state index contributed by atoms with van der Waals surface area (Å²) in [6.07, 6.45) is 2.12. The van der Waals surface area contributed by atoms with Crippen molar-refractivity contribution in [3.63, 3.8) is 0 Å². The lowest BCUT2D eigenvalue weighted by Crippen LogP contribution is -2.39. The van der Waals surface area contributed by atoms with E-state index in [1.807, 2.05) is 0 Å². The first kappa shape index (κ1) is 12.6. The van der Waals surface area contributed by atoms with Gasteiger partial charge in [-0.3, -0.25) is 9.59 Å². The molecule has 2 aromatic heterocycles. The number of amides is 1. The summed E-state index contributed by atoms with van der Waals surface area (Å²) in [7, 11) is 0. The number of carbonyl (C=O) groups excluding carboxylic acids is 1. The van der Waals surface area contributed by atoms with Gasteiger partial charge in [0.25, 0.3) is 11.5 Å². The molecule has 104 valence electrons. The van der Waals surface area contributed by atoms with Crippen LogP contribution in [0.4, 0.5) is 0 Å². The molecule has 0 bridgehead atoms. The van der Waals surface area contributed by atoms with Crippen LogP contribution < -0.4 is 10.9 Å². The van der Waals surface area contributed by atoms with Gasteiger partial charge in [0, 0.05) is 18.2 Å². The van der Waals surface area contributed by atoms with E-state index in [-0.39, 0.29) is 23.2 Å². The van der Waals surface area contributed by atoms with Gasteiger partial charge in [0.1, 0.15) is 5.76 Å². The Balaban J connectivity index is 1.71. The van der Waals surface area contributed by atoms with Crippen molar-refractivity contribution in [3.8, 4) is 0 Å². The number of hydrogen-bond donors (Lipinski definition) is 2. The zero-order chi connectivity index (χ0) is 14.1. The topological polar surface area (TPSA) is 101 Å². The minimum absolute atomic E-state index is 0.0180. The number of nitrogens with zero attached hydrogens (tertiary/aromatic N) is 2. The lowest BCUT2D eigenvalue weighted by molar-refractivity contribution is 0.0924. The van der Waals surface area contributed by atoms with Crippen LogP contribution in [-0.4, -0.2) is 27.3 Å². The highest BCUT2D eigenvalue weighted by molar-refractivity contribution is 5.92. The first-order chi connectivity index (χ1) is 9.61. The molecule has 1 aliphatic rings. The lowest BCUT2D eigenvalue weighted by Gasteiger charge is -2.23. The first-order valence-electron chi connectivity index (χ1n) is 6.43. The van der Waals surface area contributed by atoms with E-state index in [1.54, 1.807) is 19.1 Å². The third-order valence-electron chi connectivity index (χ3n) is 3.37. The van der Waals surface area contributed by atoms with E-state index in [0.29, 0.717) is 12.2 Å². The van der Waals surface area contributed by atoms with E-state index in [1.165, 1.54) is 0 Å². The van der Waals surface area contributed by atoms with Crippen molar-refractivity contribution in [2.45, 2.75) is 32.2 Å². The van der Waals surface area contributed by atoms with Gasteiger partial charge in [-0.05, 0) is 31.7 Å². The summed E-state index contributed by atoms with van der Waals surface area (Å²) in [5.41, 5.74) is 1.84. The number of rotatable bonds is 2. The fourth-order valence-corrected chi connectivity index (χ4v) is 2.40.